The standard InChI is InChI=1S/C13H7Cl4NO2/c1-20-13(19)7-2-3-18-12(10(7)16)6-4-8(14)11(17)9(15)5-6/h2-5H,1H3. The smallest absolute Gasteiger partial charge is 0.339 e. The molecule has 104 valence electrons. The summed E-state index contributed by atoms with van der Waals surface area (Å²) < 4.78 is 4.65. The van der Waals surface area contributed by atoms with Gasteiger partial charge in [-0.25, -0.2) is 4.79 Å². The molecule has 1 heterocycles. The van der Waals surface area contributed by atoms with Crippen LogP contribution >= 0.6 is 46.4 Å². The summed E-state index contributed by atoms with van der Waals surface area (Å²) in [5, 5.41) is 0.956. The summed E-state index contributed by atoms with van der Waals surface area (Å²) >= 11 is 24.0. The van der Waals surface area contributed by atoms with Crippen LogP contribution in [-0.2, 0) is 4.74 Å². The molecule has 0 aliphatic heterocycles. The number of aromatic nitrogens is 1. The summed E-state index contributed by atoms with van der Waals surface area (Å²) in [5.74, 6) is -0.551. The van der Waals surface area contributed by atoms with E-state index < -0.39 is 5.97 Å². The Hall–Kier alpha value is -1.000. The molecule has 0 N–H and O–H groups in total. The lowest BCUT2D eigenvalue weighted by molar-refractivity contribution is 0.0601. The van der Waals surface area contributed by atoms with Gasteiger partial charge < -0.3 is 4.74 Å². The van der Waals surface area contributed by atoms with E-state index in [0.29, 0.717) is 11.3 Å². The molecule has 0 aliphatic carbocycles. The first-order valence-corrected chi connectivity index (χ1v) is 6.84. The Kier molecular flexibility index (Phi) is 4.76. The first-order chi connectivity index (χ1) is 9.45. The number of halogens is 4. The second-order valence-corrected chi connectivity index (χ2v) is 5.34. The van der Waals surface area contributed by atoms with Crippen LogP contribution in [-0.4, -0.2) is 18.1 Å². The molecule has 0 unspecified atom stereocenters. The van der Waals surface area contributed by atoms with Crippen LogP contribution in [0.4, 0.5) is 0 Å². The molecule has 0 saturated carbocycles. The third-order valence-corrected chi connectivity index (χ3v) is 4.13. The normalized spacial score (nSPS) is 10.4. The van der Waals surface area contributed by atoms with Gasteiger partial charge in [-0.3, -0.25) is 4.98 Å². The molecule has 0 atom stereocenters. The average molecular weight is 351 g/mol. The molecule has 7 heteroatoms. The van der Waals surface area contributed by atoms with Crippen LogP contribution < -0.4 is 0 Å². The van der Waals surface area contributed by atoms with Gasteiger partial charge >= 0.3 is 5.97 Å². The third kappa shape index (κ3) is 2.86. The largest absolute Gasteiger partial charge is 0.465 e. The van der Waals surface area contributed by atoms with E-state index in [-0.39, 0.29) is 25.7 Å². The summed E-state index contributed by atoms with van der Waals surface area (Å²) in [7, 11) is 1.27. The van der Waals surface area contributed by atoms with E-state index in [4.69, 9.17) is 46.4 Å². The SMILES string of the molecule is COC(=O)c1ccnc(-c2cc(Cl)c(Cl)c(Cl)c2)c1Cl. The van der Waals surface area contributed by atoms with Crippen LogP contribution in [0.15, 0.2) is 24.4 Å². The number of benzene rings is 1. The summed E-state index contributed by atoms with van der Waals surface area (Å²) in [4.78, 5) is 15.7. The van der Waals surface area contributed by atoms with Crippen molar-refractivity contribution < 1.29 is 9.53 Å². The first kappa shape index (κ1) is 15.4. The van der Waals surface area contributed by atoms with Gasteiger partial charge in [0.1, 0.15) is 0 Å². The maximum Gasteiger partial charge on any atom is 0.339 e. The second kappa shape index (κ2) is 6.19. The van der Waals surface area contributed by atoms with Gasteiger partial charge in [0.15, 0.2) is 0 Å². The van der Waals surface area contributed by atoms with Crippen molar-refractivity contribution in [2.45, 2.75) is 0 Å². The van der Waals surface area contributed by atoms with Crippen LogP contribution in [0, 0.1) is 0 Å². The van der Waals surface area contributed by atoms with E-state index in [9.17, 15) is 4.79 Å². The van der Waals surface area contributed by atoms with Crippen molar-refractivity contribution in [2.24, 2.45) is 0 Å². The van der Waals surface area contributed by atoms with Crippen LogP contribution in [0.5, 0.6) is 0 Å². The molecule has 1 aromatic carbocycles. The third-order valence-electron chi connectivity index (χ3n) is 2.55. The molecule has 0 fully saturated rings. The van der Waals surface area contributed by atoms with Gasteiger partial charge in [0.05, 0.1) is 38.5 Å². The predicted octanol–water partition coefficient (Wildman–Crippen LogP) is 5.15. The second-order valence-electron chi connectivity index (χ2n) is 3.77. The zero-order chi connectivity index (χ0) is 14.9. The number of carbonyl (C=O) groups excluding carboxylic acids is 1. The first-order valence-electron chi connectivity index (χ1n) is 5.33. The van der Waals surface area contributed by atoms with Crippen molar-refractivity contribution in [3.05, 3.63) is 50.0 Å². The summed E-state index contributed by atoms with van der Waals surface area (Å²) in [6.45, 7) is 0. The fourth-order valence-corrected chi connectivity index (χ4v) is 2.50. The van der Waals surface area contributed by atoms with E-state index in [1.807, 2.05) is 0 Å². The molecule has 20 heavy (non-hydrogen) atoms. The Morgan fingerprint density at radius 3 is 2.25 bits per heavy atom. The minimum atomic E-state index is -0.551. The Balaban J connectivity index is 2.62. The molecule has 2 rings (SSSR count). The molecule has 1 aromatic heterocycles. The van der Waals surface area contributed by atoms with Crippen LogP contribution in [0.2, 0.25) is 20.1 Å². The highest BCUT2D eigenvalue weighted by molar-refractivity contribution is 6.48. The topological polar surface area (TPSA) is 39.2 Å². The van der Waals surface area contributed by atoms with Gasteiger partial charge in [-0.1, -0.05) is 46.4 Å². The quantitative estimate of drug-likeness (QED) is 0.555. The van der Waals surface area contributed by atoms with Crippen molar-refractivity contribution >= 4 is 52.4 Å². The van der Waals surface area contributed by atoms with Crippen LogP contribution in [0.1, 0.15) is 10.4 Å². The number of methoxy groups -OCH3 is 1. The zero-order valence-electron chi connectivity index (χ0n) is 10.1. The van der Waals surface area contributed by atoms with Gasteiger partial charge in [0.25, 0.3) is 0 Å². The fraction of sp³-hybridized carbons (Fsp3) is 0.0769. The Labute approximate surface area is 135 Å². The number of nitrogens with zero attached hydrogens (tertiary/aromatic N) is 1. The van der Waals surface area contributed by atoms with E-state index in [1.165, 1.54) is 19.4 Å². The van der Waals surface area contributed by atoms with Crippen molar-refractivity contribution in [3.8, 4) is 11.3 Å². The van der Waals surface area contributed by atoms with E-state index in [0.717, 1.165) is 0 Å². The Morgan fingerprint density at radius 2 is 1.70 bits per heavy atom. The van der Waals surface area contributed by atoms with Gasteiger partial charge in [-0.05, 0) is 18.2 Å². The highest BCUT2D eigenvalue weighted by Crippen LogP contribution is 2.37. The molecule has 3 nitrogen and oxygen atoms in total. The maximum absolute atomic E-state index is 11.6. The molecule has 2 aromatic rings. The fourth-order valence-electron chi connectivity index (χ4n) is 1.60. The van der Waals surface area contributed by atoms with Gasteiger partial charge in [0, 0.05) is 11.8 Å². The minimum Gasteiger partial charge on any atom is -0.465 e. The number of rotatable bonds is 2. The zero-order valence-corrected chi connectivity index (χ0v) is 13.1. The van der Waals surface area contributed by atoms with Crippen molar-refractivity contribution in [1.29, 1.82) is 0 Å². The van der Waals surface area contributed by atoms with Gasteiger partial charge in [-0.2, -0.15) is 0 Å². The number of pyridine rings is 1. The van der Waals surface area contributed by atoms with Crippen LogP contribution in [0.3, 0.4) is 0 Å². The highest BCUT2D eigenvalue weighted by Gasteiger charge is 2.17. The van der Waals surface area contributed by atoms with Gasteiger partial charge in [0.2, 0.25) is 0 Å². The van der Waals surface area contributed by atoms with E-state index >= 15 is 0 Å². The number of esters is 1. The molecular weight excluding hydrogens is 344 g/mol. The number of hydrogen-bond donors (Lipinski definition) is 0. The van der Waals surface area contributed by atoms with Crippen molar-refractivity contribution in [1.82, 2.24) is 4.98 Å². The maximum atomic E-state index is 11.6. The number of carbonyl (C=O) groups is 1. The predicted molar refractivity (Wildman–Crippen MR) is 81.1 cm³/mol. The molecule has 0 bridgehead atoms. The lowest BCUT2D eigenvalue weighted by Gasteiger charge is -2.09. The summed E-state index contributed by atoms with van der Waals surface area (Å²) in [6.07, 6.45) is 1.45. The molecule has 0 saturated heterocycles. The molecule has 0 spiro atoms. The lowest BCUT2D eigenvalue weighted by atomic mass is 10.1. The summed E-state index contributed by atoms with van der Waals surface area (Å²) in [5.41, 5.74) is 1.14. The Bertz CT molecular complexity index is 665. The van der Waals surface area contributed by atoms with Crippen molar-refractivity contribution in [3.63, 3.8) is 0 Å². The monoisotopic (exact) mass is 349 g/mol. The molecule has 0 amide bonds. The number of ether oxygens (including phenoxy) is 1. The lowest BCUT2D eigenvalue weighted by Crippen LogP contribution is -2.03. The molecule has 0 aliphatic rings. The van der Waals surface area contributed by atoms with E-state index in [1.54, 1.807) is 12.1 Å². The Morgan fingerprint density at radius 1 is 1.10 bits per heavy atom. The van der Waals surface area contributed by atoms with Gasteiger partial charge in [-0.15, -0.1) is 0 Å². The molecule has 0 radical (unpaired) electrons. The van der Waals surface area contributed by atoms with Crippen LogP contribution in [0.25, 0.3) is 11.3 Å². The molecular formula is C13H7Cl4NO2. The average Bonchev–Trinajstić information content (AvgIpc) is 2.43. The van der Waals surface area contributed by atoms with Crippen molar-refractivity contribution in [2.75, 3.05) is 7.11 Å². The summed E-state index contributed by atoms with van der Waals surface area (Å²) in [6, 6.07) is 4.62. The minimum absolute atomic E-state index is 0.161. The highest BCUT2D eigenvalue weighted by atomic mass is 35.5. The van der Waals surface area contributed by atoms with E-state index in [2.05, 4.69) is 9.72 Å². The number of hydrogen-bond acceptors (Lipinski definition) is 3.